The number of phenolic OH excluding ortho intramolecular Hbond substituents is 1. The molecule has 4 aliphatic rings. The van der Waals surface area contributed by atoms with E-state index in [0.717, 1.165) is 37.8 Å². The summed E-state index contributed by atoms with van der Waals surface area (Å²) in [6.07, 6.45) is 3.05. The molecule has 1 saturated carbocycles. The summed E-state index contributed by atoms with van der Waals surface area (Å²) in [4.78, 5) is 14.3. The number of benzene rings is 1. The van der Waals surface area contributed by atoms with Crippen LogP contribution in [-0.4, -0.2) is 71.6 Å². The summed E-state index contributed by atoms with van der Waals surface area (Å²) < 4.78 is 13.0. The van der Waals surface area contributed by atoms with Crippen LogP contribution in [-0.2, 0) is 21.4 Å². The monoisotopic (exact) mass is 416 g/mol. The van der Waals surface area contributed by atoms with Crippen LogP contribution in [0.2, 0.25) is 0 Å². The van der Waals surface area contributed by atoms with Gasteiger partial charge in [-0.2, -0.15) is 0 Å². The van der Waals surface area contributed by atoms with E-state index in [0.29, 0.717) is 5.75 Å². The van der Waals surface area contributed by atoms with Crippen LogP contribution in [0.15, 0.2) is 12.1 Å². The van der Waals surface area contributed by atoms with Crippen LogP contribution >= 0.6 is 0 Å². The zero-order chi connectivity index (χ0) is 21.4. The molecule has 0 unspecified atom stereocenters. The molecule has 5 rings (SSSR count). The SMILES string of the molecule is CO[C@@]12CC[C@H](N[C@@H](C(=O)O)C(C)C)[C@@H]3Oc4c(O)ccc5c4[C@@]31CCN(C)[C@@H]2C5. The number of methoxy groups -OCH3 is 1. The number of carbonyl (C=O) groups is 1. The van der Waals surface area contributed by atoms with Gasteiger partial charge in [-0.25, -0.2) is 0 Å². The molecule has 2 bridgehead atoms. The second kappa shape index (κ2) is 6.58. The number of likely N-dealkylation sites (tertiary alicyclic amines) is 1. The van der Waals surface area contributed by atoms with Gasteiger partial charge in [-0.05, 0) is 56.8 Å². The molecule has 2 heterocycles. The number of nitrogens with one attached hydrogen (secondary N) is 1. The molecule has 0 amide bonds. The topological polar surface area (TPSA) is 91.3 Å². The predicted molar refractivity (Wildman–Crippen MR) is 111 cm³/mol. The lowest BCUT2D eigenvalue weighted by Gasteiger charge is -2.65. The number of hydrogen-bond donors (Lipinski definition) is 3. The Labute approximate surface area is 177 Å². The number of likely N-dealkylation sites (N-methyl/N-ethyl adjacent to an activating group) is 1. The molecule has 30 heavy (non-hydrogen) atoms. The number of nitrogens with zero attached hydrogens (tertiary/aromatic N) is 1. The normalized spacial score (nSPS) is 37.6. The standard InChI is InChI=1S/C23H32N2O5/c1-12(2)18(21(27)28)24-14-7-8-23(29-4)16-11-13-5-6-15(26)19-17(13)22(23,20(14)30-19)9-10-25(16)3/h5-6,12,14,16,18,20,24,26H,7-11H2,1-4H3,(H,27,28)/t14-,16+,18+,20-,22-,23+/m0/s1. The number of carboxylic acids is 1. The molecular weight excluding hydrogens is 384 g/mol. The van der Waals surface area contributed by atoms with E-state index in [9.17, 15) is 15.0 Å². The van der Waals surface area contributed by atoms with Crippen molar-refractivity contribution in [3.05, 3.63) is 23.3 Å². The fourth-order valence-corrected chi connectivity index (χ4v) is 7.09. The summed E-state index contributed by atoms with van der Waals surface area (Å²) in [5.41, 5.74) is 1.51. The zero-order valence-electron chi connectivity index (χ0n) is 18.1. The van der Waals surface area contributed by atoms with Crippen LogP contribution in [0, 0.1) is 5.92 Å². The van der Waals surface area contributed by atoms with Gasteiger partial charge in [0, 0.05) is 24.8 Å². The molecule has 3 N–H and O–H groups in total. The van der Waals surface area contributed by atoms with Gasteiger partial charge in [0.05, 0.1) is 11.0 Å². The highest BCUT2D eigenvalue weighted by molar-refractivity contribution is 5.74. The maximum Gasteiger partial charge on any atom is 0.320 e. The first-order valence-electron chi connectivity index (χ1n) is 11.0. The Morgan fingerprint density at radius 3 is 2.80 bits per heavy atom. The lowest BCUT2D eigenvalue weighted by atomic mass is 9.48. The van der Waals surface area contributed by atoms with Crippen LogP contribution in [0.4, 0.5) is 0 Å². The molecule has 2 aliphatic carbocycles. The number of hydrogen-bond acceptors (Lipinski definition) is 6. The molecule has 164 valence electrons. The molecule has 0 aromatic heterocycles. The second-order valence-corrected chi connectivity index (χ2v) is 9.87. The molecule has 1 spiro atoms. The first-order chi connectivity index (χ1) is 14.3. The fraction of sp³-hybridized carbons (Fsp3) is 0.696. The summed E-state index contributed by atoms with van der Waals surface area (Å²) in [5, 5.41) is 23.9. The van der Waals surface area contributed by atoms with Crippen molar-refractivity contribution >= 4 is 5.97 Å². The van der Waals surface area contributed by atoms with Gasteiger partial charge in [0.15, 0.2) is 11.5 Å². The Morgan fingerprint density at radius 2 is 2.13 bits per heavy atom. The van der Waals surface area contributed by atoms with Crippen LogP contribution in [0.3, 0.4) is 0 Å². The van der Waals surface area contributed by atoms with Crippen molar-refractivity contribution in [3.63, 3.8) is 0 Å². The number of carboxylic acid groups (broad SMARTS) is 1. The van der Waals surface area contributed by atoms with Crippen LogP contribution in [0.5, 0.6) is 11.5 Å². The van der Waals surface area contributed by atoms with E-state index in [2.05, 4.69) is 17.3 Å². The van der Waals surface area contributed by atoms with Gasteiger partial charge in [-0.15, -0.1) is 0 Å². The Hall–Kier alpha value is -1.83. The van der Waals surface area contributed by atoms with E-state index in [1.165, 1.54) is 5.56 Å². The van der Waals surface area contributed by atoms with E-state index in [1.54, 1.807) is 13.2 Å². The third kappa shape index (κ3) is 2.29. The Kier molecular flexibility index (Phi) is 4.41. The van der Waals surface area contributed by atoms with Gasteiger partial charge in [0.2, 0.25) is 0 Å². The average Bonchev–Trinajstić information content (AvgIpc) is 3.06. The van der Waals surface area contributed by atoms with Gasteiger partial charge in [0.1, 0.15) is 12.1 Å². The number of aromatic hydroxyl groups is 1. The van der Waals surface area contributed by atoms with Crippen molar-refractivity contribution in [2.24, 2.45) is 5.92 Å². The van der Waals surface area contributed by atoms with Crippen molar-refractivity contribution < 1.29 is 24.5 Å². The average molecular weight is 417 g/mol. The van der Waals surface area contributed by atoms with Gasteiger partial charge in [0.25, 0.3) is 0 Å². The van der Waals surface area contributed by atoms with Crippen LogP contribution in [0.25, 0.3) is 0 Å². The Balaban J connectivity index is 1.67. The van der Waals surface area contributed by atoms with Crippen molar-refractivity contribution in [2.45, 2.75) is 74.8 Å². The molecule has 1 aromatic carbocycles. The summed E-state index contributed by atoms with van der Waals surface area (Å²) in [6, 6.07) is 3.21. The van der Waals surface area contributed by atoms with Crippen LogP contribution in [0.1, 0.15) is 44.2 Å². The van der Waals surface area contributed by atoms with Crippen molar-refractivity contribution in [2.75, 3.05) is 20.7 Å². The Bertz CT molecular complexity index is 889. The lowest BCUT2D eigenvalue weighted by molar-refractivity contribution is -0.204. The van der Waals surface area contributed by atoms with Gasteiger partial charge < -0.3 is 24.6 Å². The highest BCUT2D eigenvalue weighted by atomic mass is 16.5. The van der Waals surface area contributed by atoms with Gasteiger partial charge in [-0.3, -0.25) is 10.1 Å². The number of ether oxygens (including phenoxy) is 2. The second-order valence-electron chi connectivity index (χ2n) is 9.87. The third-order valence-corrected chi connectivity index (χ3v) is 8.38. The molecule has 2 aliphatic heterocycles. The molecule has 7 nitrogen and oxygen atoms in total. The molecule has 6 atom stereocenters. The fourth-order valence-electron chi connectivity index (χ4n) is 7.09. The number of phenols is 1. The number of rotatable bonds is 5. The largest absolute Gasteiger partial charge is 0.504 e. The molecule has 1 aromatic rings. The Morgan fingerprint density at radius 1 is 1.37 bits per heavy atom. The molecular formula is C23H32N2O5. The minimum Gasteiger partial charge on any atom is -0.504 e. The minimum absolute atomic E-state index is 0.0431. The van der Waals surface area contributed by atoms with E-state index < -0.39 is 23.0 Å². The summed E-state index contributed by atoms with van der Waals surface area (Å²) in [7, 11) is 3.97. The highest BCUT2D eigenvalue weighted by Gasteiger charge is 2.73. The van der Waals surface area contributed by atoms with Crippen LogP contribution < -0.4 is 10.1 Å². The summed E-state index contributed by atoms with van der Waals surface area (Å²) in [5.74, 6) is -0.141. The lowest BCUT2D eigenvalue weighted by Crippen LogP contribution is -2.78. The molecule has 7 heteroatoms. The van der Waals surface area contributed by atoms with Crippen molar-refractivity contribution in [1.29, 1.82) is 0 Å². The minimum atomic E-state index is -0.838. The summed E-state index contributed by atoms with van der Waals surface area (Å²) in [6.45, 7) is 4.77. The molecule has 0 radical (unpaired) electrons. The van der Waals surface area contributed by atoms with Gasteiger partial charge >= 0.3 is 5.97 Å². The smallest absolute Gasteiger partial charge is 0.320 e. The van der Waals surface area contributed by atoms with E-state index in [1.807, 2.05) is 19.9 Å². The van der Waals surface area contributed by atoms with Crippen molar-refractivity contribution in [3.8, 4) is 11.5 Å². The maximum atomic E-state index is 11.9. The first kappa shape index (κ1) is 20.1. The number of piperidine rings is 1. The third-order valence-electron chi connectivity index (χ3n) is 8.38. The highest BCUT2D eigenvalue weighted by Crippen LogP contribution is 2.66. The predicted octanol–water partition coefficient (Wildman–Crippen LogP) is 1.90. The molecule has 1 saturated heterocycles. The zero-order valence-corrected chi connectivity index (χ0v) is 18.1. The number of aliphatic carboxylic acids is 1. The summed E-state index contributed by atoms with van der Waals surface area (Å²) >= 11 is 0. The maximum absolute atomic E-state index is 11.9. The van der Waals surface area contributed by atoms with E-state index >= 15 is 0 Å². The van der Waals surface area contributed by atoms with Crippen molar-refractivity contribution in [1.82, 2.24) is 10.2 Å². The van der Waals surface area contributed by atoms with E-state index in [-0.39, 0.29) is 29.9 Å². The quantitative estimate of drug-likeness (QED) is 0.675. The van der Waals surface area contributed by atoms with Gasteiger partial charge in [-0.1, -0.05) is 19.9 Å². The molecule has 2 fully saturated rings. The first-order valence-corrected chi connectivity index (χ1v) is 11.0. The van der Waals surface area contributed by atoms with E-state index in [4.69, 9.17) is 9.47 Å².